The molecule has 1 aromatic heterocycles. The predicted octanol–water partition coefficient (Wildman–Crippen LogP) is 1.22. The van der Waals surface area contributed by atoms with Crippen molar-refractivity contribution in [1.29, 1.82) is 0 Å². The van der Waals surface area contributed by atoms with Crippen LogP contribution in [-0.4, -0.2) is 54.2 Å². The van der Waals surface area contributed by atoms with Crippen LogP contribution in [0.2, 0.25) is 0 Å². The summed E-state index contributed by atoms with van der Waals surface area (Å²) in [5, 5.41) is 8.93. The van der Waals surface area contributed by atoms with E-state index in [1.54, 1.807) is 14.0 Å². The number of carbonyl (C=O) groups excluding carboxylic acids is 2. The zero-order valence-corrected chi connectivity index (χ0v) is 11.6. The molecule has 1 aliphatic rings. The number of amides is 2. The largest absolute Gasteiger partial charge is 0.509 e. The SMILES string of the molecule is COC(=O)OC1CCN(C)C(=O)N1c1nnc(C)s1. The van der Waals surface area contributed by atoms with Crippen molar-refractivity contribution in [3.05, 3.63) is 5.01 Å². The fourth-order valence-electron chi connectivity index (χ4n) is 1.70. The highest BCUT2D eigenvalue weighted by Gasteiger charge is 2.37. The molecule has 8 nitrogen and oxygen atoms in total. The van der Waals surface area contributed by atoms with Crippen molar-refractivity contribution in [2.45, 2.75) is 19.6 Å². The highest BCUT2D eigenvalue weighted by Crippen LogP contribution is 2.27. The molecular weight excluding hydrogens is 272 g/mol. The Morgan fingerprint density at radius 1 is 1.47 bits per heavy atom. The molecule has 2 rings (SSSR count). The van der Waals surface area contributed by atoms with E-state index >= 15 is 0 Å². The van der Waals surface area contributed by atoms with Gasteiger partial charge in [-0.05, 0) is 6.92 Å². The molecule has 1 aromatic rings. The van der Waals surface area contributed by atoms with Gasteiger partial charge in [0.05, 0.1) is 7.11 Å². The Labute approximate surface area is 113 Å². The zero-order chi connectivity index (χ0) is 14.0. The minimum atomic E-state index is -0.825. The highest BCUT2D eigenvalue weighted by atomic mass is 32.1. The third-order valence-corrected chi connectivity index (χ3v) is 3.49. The summed E-state index contributed by atoms with van der Waals surface area (Å²) < 4.78 is 9.55. The normalized spacial score (nSPS) is 19.5. The van der Waals surface area contributed by atoms with E-state index < -0.39 is 12.4 Å². The van der Waals surface area contributed by atoms with Crippen LogP contribution in [0.1, 0.15) is 11.4 Å². The zero-order valence-electron chi connectivity index (χ0n) is 10.8. The monoisotopic (exact) mass is 286 g/mol. The van der Waals surface area contributed by atoms with Crippen molar-refractivity contribution in [3.8, 4) is 0 Å². The third-order valence-electron chi connectivity index (χ3n) is 2.65. The Kier molecular flexibility index (Phi) is 3.84. The quantitative estimate of drug-likeness (QED) is 0.760. The molecule has 0 N–H and O–H groups in total. The first-order chi connectivity index (χ1) is 9.02. The average molecular weight is 286 g/mol. The third kappa shape index (κ3) is 2.75. The van der Waals surface area contributed by atoms with E-state index in [1.807, 2.05) is 0 Å². The Bertz CT molecular complexity index is 492. The summed E-state index contributed by atoms with van der Waals surface area (Å²) in [4.78, 5) is 26.3. The lowest BCUT2D eigenvalue weighted by Gasteiger charge is -2.36. The smallest absolute Gasteiger partial charge is 0.438 e. The standard InChI is InChI=1S/C10H14N4O4S/c1-6-11-12-8(19-6)14-7(18-10(16)17-3)4-5-13(2)9(14)15/h7H,4-5H2,1-3H3. The lowest BCUT2D eigenvalue weighted by atomic mass is 10.3. The number of hydrogen-bond donors (Lipinski definition) is 0. The van der Waals surface area contributed by atoms with Crippen LogP contribution in [0.25, 0.3) is 0 Å². The Hall–Kier alpha value is -1.90. The van der Waals surface area contributed by atoms with E-state index in [-0.39, 0.29) is 6.03 Å². The average Bonchev–Trinajstić information content (AvgIpc) is 2.80. The molecule has 0 spiro atoms. The van der Waals surface area contributed by atoms with Crippen LogP contribution in [0.4, 0.5) is 14.7 Å². The fourth-order valence-corrected chi connectivity index (χ4v) is 2.42. The second kappa shape index (κ2) is 5.39. The number of rotatable bonds is 2. The molecule has 1 unspecified atom stereocenters. The van der Waals surface area contributed by atoms with Crippen LogP contribution >= 0.6 is 11.3 Å². The number of ether oxygens (including phenoxy) is 2. The van der Waals surface area contributed by atoms with Crippen LogP contribution in [0.15, 0.2) is 0 Å². The van der Waals surface area contributed by atoms with Crippen LogP contribution in [0, 0.1) is 6.92 Å². The van der Waals surface area contributed by atoms with Gasteiger partial charge in [-0.2, -0.15) is 0 Å². The number of aryl methyl sites for hydroxylation is 1. The maximum atomic E-state index is 12.2. The molecule has 1 fully saturated rings. The number of hydrogen-bond acceptors (Lipinski definition) is 7. The van der Waals surface area contributed by atoms with E-state index in [1.165, 1.54) is 28.2 Å². The molecule has 1 saturated heterocycles. The topological polar surface area (TPSA) is 84.9 Å². The molecule has 9 heteroatoms. The van der Waals surface area contributed by atoms with E-state index in [0.29, 0.717) is 18.1 Å². The second-order valence-electron chi connectivity index (χ2n) is 3.99. The summed E-state index contributed by atoms with van der Waals surface area (Å²) in [7, 11) is 2.90. The minimum Gasteiger partial charge on any atom is -0.438 e. The molecule has 0 saturated carbocycles. The van der Waals surface area contributed by atoms with Gasteiger partial charge in [-0.25, -0.2) is 14.5 Å². The first-order valence-electron chi connectivity index (χ1n) is 5.62. The molecule has 104 valence electrons. The van der Waals surface area contributed by atoms with E-state index in [2.05, 4.69) is 14.9 Å². The Morgan fingerprint density at radius 2 is 2.21 bits per heavy atom. The van der Waals surface area contributed by atoms with Gasteiger partial charge >= 0.3 is 12.2 Å². The molecular formula is C10H14N4O4S. The summed E-state index contributed by atoms with van der Waals surface area (Å²) in [6.45, 7) is 2.28. The van der Waals surface area contributed by atoms with Gasteiger partial charge in [-0.3, -0.25) is 0 Å². The maximum Gasteiger partial charge on any atom is 0.509 e. The minimum absolute atomic E-state index is 0.281. The van der Waals surface area contributed by atoms with Crippen molar-refractivity contribution in [2.75, 3.05) is 25.6 Å². The lowest BCUT2D eigenvalue weighted by molar-refractivity contribution is 0.0255. The van der Waals surface area contributed by atoms with Gasteiger partial charge in [0.15, 0.2) is 6.23 Å². The molecule has 0 bridgehead atoms. The van der Waals surface area contributed by atoms with Crippen LogP contribution in [0.5, 0.6) is 0 Å². The Balaban J connectivity index is 2.25. The number of anilines is 1. The summed E-state index contributed by atoms with van der Waals surface area (Å²) in [5.74, 6) is 0. The summed E-state index contributed by atoms with van der Waals surface area (Å²) in [6, 6.07) is -0.281. The molecule has 1 aliphatic heterocycles. The van der Waals surface area contributed by atoms with Crippen LogP contribution in [0.3, 0.4) is 0 Å². The van der Waals surface area contributed by atoms with Crippen molar-refractivity contribution in [3.63, 3.8) is 0 Å². The van der Waals surface area contributed by atoms with E-state index in [9.17, 15) is 9.59 Å². The molecule has 0 aromatic carbocycles. The lowest BCUT2D eigenvalue weighted by Crippen LogP contribution is -2.54. The maximum absolute atomic E-state index is 12.2. The Morgan fingerprint density at radius 3 is 2.79 bits per heavy atom. The highest BCUT2D eigenvalue weighted by molar-refractivity contribution is 7.15. The van der Waals surface area contributed by atoms with Gasteiger partial charge in [0.25, 0.3) is 0 Å². The van der Waals surface area contributed by atoms with Crippen molar-refractivity contribution in [2.24, 2.45) is 0 Å². The molecule has 2 amide bonds. The van der Waals surface area contributed by atoms with Gasteiger partial charge in [0, 0.05) is 20.0 Å². The molecule has 0 aliphatic carbocycles. The molecule has 1 atom stereocenters. The van der Waals surface area contributed by atoms with Crippen molar-refractivity contribution >= 4 is 28.7 Å². The van der Waals surface area contributed by atoms with Gasteiger partial charge < -0.3 is 14.4 Å². The van der Waals surface area contributed by atoms with Crippen molar-refractivity contribution in [1.82, 2.24) is 15.1 Å². The van der Waals surface area contributed by atoms with Crippen LogP contribution in [-0.2, 0) is 9.47 Å². The van der Waals surface area contributed by atoms with Crippen LogP contribution < -0.4 is 4.90 Å². The van der Waals surface area contributed by atoms with Gasteiger partial charge in [-0.15, -0.1) is 10.2 Å². The fraction of sp³-hybridized carbons (Fsp3) is 0.600. The second-order valence-corrected chi connectivity index (χ2v) is 5.15. The molecule has 2 heterocycles. The first kappa shape index (κ1) is 13.5. The van der Waals surface area contributed by atoms with Crippen molar-refractivity contribution < 1.29 is 19.1 Å². The summed E-state index contributed by atoms with van der Waals surface area (Å²) in [6.07, 6.45) is -1.06. The number of carbonyl (C=O) groups is 2. The predicted molar refractivity (Wildman–Crippen MR) is 67.0 cm³/mol. The number of methoxy groups -OCH3 is 1. The number of urea groups is 1. The molecule has 0 radical (unpaired) electrons. The van der Waals surface area contributed by atoms with Gasteiger partial charge in [0.2, 0.25) is 5.13 Å². The van der Waals surface area contributed by atoms with Gasteiger partial charge in [-0.1, -0.05) is 11.3 Å². The van der Waals surface area contributed by atoms with E-state index in [4.69, 9.17) is 4.74 Å². The molecule has 19 heavy (non-hydrogen) atoms. The van der Waals surface area contributed by atoms with E-state index in [0.717, 1.165) is 5.01 Å². The number of nitrogens with zero attached hydrogens (tertiary/aromatic N) is 4. The number of aromatic nitrogens is 2. The van der Waals surface area contributed by atoms with Gasteiger partial charge in [0.1, 0.15) is 5.01 Å². The first-order valence-corrected chi connectivity index (χ1v) is 6.43. The summed E-state index contributed by atoms with van der Waals surface area (Å²) in [5.41, 5.74) is 0. The summed E-state index contributed by atoms with van der Waals surface area (Å²) >= 11 is 1.26.